The molecule has 2 aromatic rings. The topological polar surface area (TPSA) is 97.2 Å². The van der Waals surface area contributed by atoms with Crippen LogP contribution in [0.3, 0.4) is 0 Å². The van der Waals surface area contributed by atoms with Crippen molar-refractivity contribution in [3.8, 4) is 11.5 Å². The molecule has 1 fully saturated rings. The monoisotopic (exact) mass is 426 g/mol. The maximum absolute atomic E-state index is 12.4. The predicted octanol–water partition coefficient (Wildman–Crippen LogP) is 4.06. The number of hydrogen-bond donors (Lipinski definition) is 2. The number of aliphatic carboxylic acids is 1. The molecule has 7 nitrogen and oxygen atoms in total. The first-order chi connectivity index (χ1) is 14.2. The van der Waals surface area contributed by atoms with E-state index in [-0.39, 0.29) is 5.91 Å². The number of methoxy groups -OCH3 is 1. The van der Waals surface area contributed by atoms with Crippen molar-refractivity contribution in [2.24, 2.45) is 4.99 Å². The van der Waals surface area contributed by atoms with Crippen molar-refractivity contribution >= 4 is 40.6 Å². The Morgan fingerprint density at radius 3 is 2.50 bits per heavy atom. The zero-order chi connectivity index (χ0) is 21.8. The van der Waals surface area contributed by atoms with Gasteiger partial charge in [-0.1, -0.05) is 12.1 Å². The van der Waals surface area contributed by atoms with Gasteiger partial charge in [-0.25, -0.2) is 9.79 Å². The zero-order valence-corrected chi connectivity index (χ0v) is 17.9. The molecule has 1 heterocycles. The number of carboxylic acid groups (broad SMARTS) is 1. The molecule has 156 valence electrons. The van der Waals surface area contributed by atoms with Gasteiger partial charge in [0.1, 0.15) is 0 Å². The van der Waals surface area contributed by atoms with E-state index in [1.165, 1.54) is 25.8 Å². The van der Waals surface area contributed by atoms with Gasteiger partial charge in [0.2, 0.25) is 0 Å². The standard InChI is InChI=1S/C22H22N2O5S/c1-12-7-13(2)9-16(8-12)23-22-24-20(25)19(30-22)11-15-5-6-17(18(10-15)28-4)29-14(3)21(26)27/h5-11,14H,1-4H3,(H,26,27)(H,23,24,25)/b19-11-/t14-/m0/s1. The molecule has 1 atom stereocenters. The molecule has 0 aliphatic carbocycles. The summed E-state index contributed by atoms with van der Waals surface area (Å²) in [4.78, 5) is 28.4. The van der Waals surface area contributed by atoms with E-state index in [0.29, 0.717) is 27.1 Å². The lowest BCUT2D eigenvalue weighted by Gasteiger charge is -2.14. The van der Waals surface area contributed by atoms with Crippen LogP contribution in [0, 0.1) is 13.8 Å². The van der Waals surface area contributed by atoms with Gasteiger partial charge in [-0.15, -0.1) is 0 Å². The molecule has 0 spiro atoms. The number of nitrogens with one attached hydrogen (secondary N) is 1. The van der Waals surface area contributed by atoms with E-state index in [0.717, 1.165) is 16.8 Å². The molecule has 8 heteroatoms. The number of nitrogens with zero attached hydrogens (tertiary/aromatic N) is 1. The van der Waals surface area contributed by atoms with Crippen molar-refractivity contribution in [1.29, 1.82) is 0 Å². The second kappa shape index (κ2) is 9.04. The number of carbonyl (C=O) groups excluding carboxylic acids is 1. The molecule has 0 unspecified atom stereocenters. The largest absolute Gasteiger partial charge is 0.493 e. The third kappa shape index (κ3) is 5.21. The molecule has 1 amide bonds. The normalized spacial score (nSPS) is 17.1. The van der Waals surface area contributed by atoms with Crippen LogP contribution in [0.15, 0.2) is 46.3 Å². The van der Waals surface area contributed by atoms with Gasteiger partial charge in [0.15, 0.2) is 22.8 Å². The maximum Gasteiger partial charge on any atom is 0.344 e. The number of carbonyl (C=O) groups is 2. The highest BCUT2D eigenvalue weighted by atomic mass is 32.2. The summed E-state index contributed by atoms with van der Waals surface area (Å²) in [7, 11) is 1.47. The number of aryl methyl sites for hydroxylation is 2. The molecule has 0 aromatic heterocycles. The van der Waals surface area contributed by atoms with E-state index >= 15 is 0 Å². The summed E-state index contributed by atoms with van der Waals surface area (Å²) in [5, 5.41) is 12.3. The summed E-state index contributed by atoms with van der Waals surface area (Å²) < 4.78 is 10.7. The minimum Gasteiger partial charge on any atom is -0.493 e. The molecule has 1 aliphatic rings. The van der Waals surface area contributed by atoms with E-state index in [1.807, 2.05) is 26.0 Å². The molecule has 2 N–H and O–H groups in total. The van der Waals surface area contributed by atoms with Gasteiger partial charge in [0, 0.05) is 0 Å². The number of hydrogen-bond acceptors (Lipinski definition) is 6. The summed E-state index contributed by atoms with van der Waals surface area (Å²) in [5.41, 5.74) is 3.71. The second-order valence-electron chi connectivity index (χ2n) is 6.84. The molecule has 30 heavy (non-hydrogen) atoms. The van der Waals surface area contributed by atoms with Crippen molar-refractivity contribution in [3.05, 3.63) is 58.0 Å². The SMILES string of the molecule is COc1cc(/C=C2\SC(=Nc3cc(C)cc(C)c3)NC2=O)ccc1O[C@@H](C)C(=O)O. The number of aliphatic imine (C=N–C) groups is 1. The fourth-order valence-electron chi connectivity index (χ4n) is 2.88. The Balaban J connectivity index is 1.82. The van der Waals surface area contributed by atoms with Gasteiger partial charge in [-0.2, -0.15) is 0 Å². The van der Waals surface area contributed by atoms with E-state index in [4.69, 9.17) is 14.6 Å². The molecule has 2 aromatic carbocycles. The highest BCUT2D eigenvalue weighted by Gasteiger charge is 2.24. The fraction of sp³-hybridized carbons (Fsp3) is 0.227. The Bertz CT molecular complexity index is 1040. The van der Waals surface area contributed by atoms with E-state index in [9.17, 15) is 9.59 Å². The van der Waals surface area contributed by atoms with Gasteiger partial charge in [-0.3, -0.25) is 4.79 Å². The van der Waals surface area contributed by atoms with E-state index in [2.05, 4.69) is 16.4 Å². The van der Waals surface area contributed by atoms with Crippen LogP contribution in [-0.4, -0.2) is 35.4 Å². The van der Waals surface area contributed by atoms with Crippen molar-refractivity contribution in [3.63, 3.8) is 0 Å². The van der Waals surface area contributed by atoms with Crippen molar-refractivity contribution < 1.29 is 24.2 Å². The van der Waals surface area contributed by atoms with Crippen LogP contribution in [0.5, 0.6) is 11.5 Å². The van der Waals surface area contributed by atoms with Crippen molar-refractivity contribution in [1.82, 2.24) is 5.32 Å². The summed E-state index contributed by atoms with van der Waals surface area (Å²) in [6, 6.07) is 11.0. The van der Waals surface area contributed by atoms with E-state index in [1.54, 1.807) is 24.3 Å². The van der Waals surface area contributed by atoms with Crippen molar-refractivity contribution in [2.75, 3.05) is 7.11 Å². The third-order valence-electron chi connectivity index (χ3n) is 4.22. The van der Waals surface area contributed by atoms with Gasteiger partial charge in [0.05, 0.1) is 17.7 Å². The number of rotatable bonds is 6. The summed E-state index contributed by atoms with van der Waals surface area (Å²) in [6.07, 6.45) is 0.708. The predicted molar refractivity (Wildman–Crippen MR) is 117 cm³/mol. The van der Waals surface area contributed by atoms with Crippen LogP contribution < -0.4 is 14.8 Å². The highest BCUT2D eigenvalue weighted by Crippen LogP contribution is 2.33. The van der Waals surface area contributed by atoms with Crippen LogP contribution in [0.4, 0.5) is 5.69 Å². The average molecular weight is 426 g/mol. The zero-order valence-electron chi connectivity index (χ0n) is 17.1. The smallest absolute Gasteiger partial charge is 0.344 e. The molecular formula is C22H22N2O5S. The van der Waals surface area contributed by atoms with Gasteiger partial charge in [-0.05, 0) is 79.6 Å². The molecule has 3 rings (SSSR count). The maximum atomic E-state index is 12.4. The van der Waals surface area contributed by atoms with Crippen molar-refractivity contribution in [2.45, 2.75) is 26.9 Å². The number of amides is 1. The number of carboxylic acids is 1. The van der Waals surface area contributed by atoms with Crippen LogP contribution >= 0.6 is 11.8 Å². The highest BCUT2D eigenvalue weighted by molar-refractivity contribution is 8.18. The summed E-state index contributed by atoms with van der Waals surface area (Å²) >= 11 is 1.25. The second-order valence-corrected chi connectivity index (χ2v) is 7.87. The Kier molecular flexibility index (Phi) is 6.47. The Labute approximate surface area is 178 Å². The van der Waals surface area contributed by atoms with Crippen LogP contribution in [0.1, 0.15) is 23.6 Å². The first-order valence-electron chi connectivity index (χ1n) is 9.20. The minimum atomic E-state index is -1.07. The molecule has 0 radical (unpaired) electrons. The molecule has 1 saturated heterocycles. The van der Waals surface area contributed by atoms with Gasteiger partial charge < -0.3 is 19.9 Å². The van der Waals surface area contributed by atoms with Crippen LogP contribution in [0.25, 0.3) is 6.08 Å². The number of amidine groups is 1. The first-order valence-corrected chi connectivity index (χ1v) is 10.0. The lowest BCUT2D eigenvalue weighted by molar-refractivity contribution is -0.144. The number of ether oxygens (including phenoxy) is 2. The molecule has 0 bridgehead atoms. The average Bonchev–Trinajstić information content (AvgIpc) is 3.00. The Hall–Kier alpha value is -3.26. The summed E-state index contributed by atoms with van der Waals surface area (Å²) in [6.45, 7) is 5.44. The van der Waals surface area contributed by atoms with Gasteiger partial charge >= 0.3 is 5.97 Å². The van der Waals surface area contributed by atoms with Crippen LogP contribution in [-0.2, 0) is 9.59 Å². The molecule has 0 saturated carbocycles. The Morgan fingerprint density at radius 1 is 1.17 bits per heavy atom. The quantitative estimate of drug-likeness (QED) is 0.676. The fourth-order valence-corrected chi connectivity index (χ4v) is 3.72. The lowest BCUT2D eigenvalue weighted by atomic mass is 10.1. The lowest BCUT2D eigenvalue weighted by Crippen LogP contribution is -2.23. The number of benzene rings is 2. The molecule has 1 aliphatic heterocycles. The summed E-state index contributed by atoms with van der Waals surface area (Å²) in [5.74, 6) is -0.611. The number of thioether (sulfide) groups is 1. The van der Waals surface area contributed by atoms with Gasteiger partial charge in [0.25, 0.3) is 5.91 Å². The third-order valence-corrected chi connectivity index (χ3v) is 5.13. The molecular weight excluding hydrogens is 404 g/mol. The Morgan fingerprint density at radius 2 is 1.87 bits per heavy atom. The first kappa shape index (κ1) is 21.4. The minimum absolute atomic E-state index is 0.234. The van der Waals surface area contributed by atoms with Crippen LogP contribution in [0.2, 0.25) is 0 Å². The van der Waals surface area contributed by atoms with E-state index < -0.39 is 12.1 Å².